The third kappa shape index (κ3) is 16.4. The molecule has 168 valence electrons. The zero-order valence-corrected chi connectivity index (χ0v) is 17.8. The van der Waals surface area contributed by atoms with Gasteiger partial charge in [0.25, 0.3) is 0 Å². The van der Waals surface area contributed by atoms with Gasteiger partial charge in [0.15, 0.2) is 0 Å². The summed E-state index contributed by atoms with van der Waals surface area (Å²) < 4.78 is 20.8. The van der Waals surface area contributed by atoms with Crippen LogP contribution in [-0.2, 0) is 18.6 Å². The van der Waals surface area contributed by atoms with E-state index >= 15 is 0 Å². The van der Waals surface area contributed by atoms with Crippen molar-refractivity contribution < 1.29 is 38.6 Å². The van der Waals surface area contributed by atoms with Crippen LogP contribution in [0.25, 0.3) is 0 Å². The van der Waals surface area contributed by atoms with Crippen molar-refractivity contribution in [2.45, 2.75) is 95.8 Å². The molecular weight excluding hydrogens is 389 g/mol. The van der Waals surface area contributed by atoms with Crippen LogP contribution in [0.4, 0.5) is 0 Å². The Morgan fingerprint density at radius 3 is 1.96 bits per heavy atom. The number of carbonyl (C=O) groups is 1. The Bertz CT molecular complexity index is 445. The maximum Gasteiger partial charge on any atom is 0.469 e. The first-order valence-electron chi connectivity index (χ1n) is 10.2. The summed E-state index contributed by atoms with van der Waals surface area (Å²) in [7, 11) is -4.90. The Kier molecular flexibility index (Phi) is 16.0. The smallest absolute Gasteiger partial charge is 0.469 e. The van der Waals surface area contributed by atoms with Gasteiger partial charge in [0.1, 0.15) is 12.1 Å². The molecule has 0 saturated carbocycles. The third-order valence-electron chi connectivity index (χ3n) is 4.44. The number of rotatable bonds is 19. The number of aliphatic hydroxyl groups is 1. The molecule has 0 fully saturated rings. The van der Waals surface area contributed by atoms with Gasteiger partial charge in [0.05, 0.1) is 12.7 Å². The lowest BCUT2D eigenvalue weighted by Gasteiger charge is -2.24. The summed E-state index contributed by atoms with van der Waals surface area (Å²) in [6, 6.07) is -1.41. The topological polar surface area (TPSA) is 160 Å². The molecule has 9 nitrogen and oxygen atoms in total. The number of hydrogen-bond donors (Lipinski definition) is 5. The van der Waals surface area contributed by atoms with Crippen LogP contribution >= 0.6 is 7.82 Å². The van der Waals surface area contributed by atoms with Gasteiger partial charge in [-0.25, -0.2) is 4.57 Å². The van der Waals surface area contributed by atoms with Crippen molar-refractivity contribution >= 4 is 13.8 Å². The summed E-state index contributed by atoms with van der Waals surface area (Å²) in [5.74, 6) is -1.35. The highest BCUT2D eigenvalue weighted by Gasteiger charge is 2.31. The molecule has 28 heavy (non-hydrogen) atoms. The summed E-state index contributed by atoms with van der Waals surface area (Å²) in [6.45, 7) is 2.40. The number of phosphoric acid groups is 1. The van der Waals surface area contributed by atoms with Gasteiger partial charge in [0, 0.05) is 13.0 Å². The van der Waals surface area contributed by atoms with Gasteiger partial charge in [-0.15, -0.1) is 0 Å². The maximum atomic E-state index is 11.0. The molecule has 3 atom stereocenters. The van der Waals surface area contributed by atoms with Crippen molar-refractivity contribution in [1.82, 2.24) is 0 Å². The summed E-state index contributed by atoms with van der Waals surface area (Å²) >= 11 is 0. The molecule has 3 unspecified atom stereocenters. The zero-order chi connectivity index (χ0) is 21.4. The number of aliphatic hydroxyl groups excluding tert-OH is 1. The second-order valence-corrected chi connectivity index (χ2v) is 8.33. The Labute approximate surface area is 167 Å². The predicted molar refractivity (Wildman–Crippen MR) is 106 cm³/mol. The fourth-order valence-corrected chi connectivity index (χ4v) is 3.38. The van der Waals surface area contributed by atoms with Crippen molar-refractivity contribution in [3.05, 3.63) is 0 Å². The van der Waals surface area contributed by atoms with Gasteiger partial charge in [-0.2, -0.15) is 0 Å². The molecule has 0 aromatic heterocycles. The molecule has 0 aliphatic carbocycles. The first kappa shape index (κ1) is 27.5. The van der Waals surface area contributed by atoms with Gasteiger partial charge >= 0.3 is 13.8 Å². The first-order chi connectivity index (χ1) is 13.2. The average Bonchev–Trinajstić information content (AvgIpc) is 2.60. The Hall–Kier alpha value is -0.540. The van der Waals surface area contributed by atoms with E-state index in [1.807, 2.05) is 0 Å². The van der Waals surface area contributed by atoms with E-state index in [1.165, 1.54) is 44.9 Å². The molecule has 0 amide bonds. The summed E-state index contributed by atoms with van der Waals surface area (Å²) in [6.07, 6.45) is 8.60. The number of carboxylic acid groups (broad SMARTS) is 1. The lowest BCUT2D eigenvalue weighted by molar-refractivity contribution is -0.140. The Morgan fingerprint density at radius 2 is 1.50 bits per heavy atom. The van der Waals surface area contributed by atoms with Crippen LogP contribution in [-0.4, -0.2) is 57.4 Å². The van der Waals surface area contributed by atoms with Crippen LogP contribution in [0, 0.1) is 0 Å². The Morgan fingerprint density at radius 1 is 1.00 bits per heavy atom. The Balaban J connectivity index is 3.91. The molecule has 6 N–H and O–H groups in total. The normalized spacial score (nSPS) is 15.3. The van der Waals surface area contributed by atoms with E-state index in [0.717, 1.165) is 19.3 Å². The number of ether oxygens (including phenoxy) is 1. The van der Waals surface area contributed by atoms with Gasteiger partial charge in [-0.3, -0.25) is 9.32 Å². The number of nitrogens with two attached hydrogens (primary N) is 1. The van der Waals surface area contributed by atoms with Crippen molar-refractivity contribution in [3.8, 4) is 0 Å². The molecule has 0 aromatic carbocycles. The van der Waals surface area contributed by atoms with E-state index in [1.54, 1.807) is 0 Å². The van der Waals surface area contributed by atoms with Crippen LogP contribution in [0.3, 0.4) is 0 Å². The fourth-order valence-electron chi connectivity index (χ4n) is 2.80. The summed E-state index contributed by atoms with van der Waals surface area (Å²) in [4.78, 5) is 28.6. The minimum absolute atomic E-state index is 0.214. The van der Waals surface area contributed by atoms with Gasteiger partial charge in [0.2, 0.25) is 0 Å². The summed E-state index contributed by atoms with van der Waals surface area (Å²) in [5, 5.41) is 18.8. The van der Waals surface area contributed by atoms with Crippen molar-refractivity contribution in [3.63, 3.8) is 0 Å². The molecule has 0 rings (SSSR count). The van der Waals surface area contributed by atoms with E-state index in [4.69, 9.17) is 25.4 Å². The van der Waals surface area contributed by atoms with Crippen molar-refractivity contribution in [1.29, 1.82) is 0 Å². The molecular formula is C18H38NO8P. The molecule has 0 saturated heterocycles. The SMILES string of the molecule is CCCCCCCCCCCCOCC(O)C(CC(N)C(=O)O)OP(=O)(O)O. The lowest BCUT2D eigenvalue weighted by atomic mass is 10.1. The molecule has 0 aliphatic heterocycles. The van der Waals surface area contributed by atoms with Crippen molar-refractivity contribution in [2.24, 2.45) is 5.73 Å². The van der Waals surface area contributed by atoms with Gasteiger partial charge in [-0.1, -0.05) is 64.7 Å². The largest absolute Gasteiger partial charge is 0.480 e. The van der Waals surface area contributed by atoms with E-state index in [-0.39, 0.29) is 6.61 Å². The molecule has 0 radical (unpaired) electrons. The summed E-state index contributed by atoms with van der Waals surface area (Å²) in [5.41, 5.74) is 5.36. The van der Waals surface area contributed by atoms with E-state index in [0.29, 0.717) is 6.61 Å². The quantitative estimate of drug-likeness (QED) is 0.154. The second kappa shape index (κ2) is 16.3. The van der Waals surface area contributed by atoms with Gasteiger partial charge in [-0.05, 0) is 6.42 Å². The van der Waals surface area contributed by atoms with Gasteiger partial charge < -0.3 is 30.5 Å². The second-order valence-electron chi connectivity index (χ2n) is 7.14. The standard InChI is InChI=1S/C18H38NO8P/c1-2-3-4-5-6-7-8-9-10-11-12-26-14-16(20)17(27-28(23,24)25)13-15(19)18(21)22/h15-17,20H,2-14,19H2,1H3,(H,21,22)(H2,23,24,25). The van der Waals surface area contributed by atoms with Crippen LogP contribution < -0.4 is 5.73 Å². The minimum atomic E-state index is -4.90. The molecule has 0 spiro atoms. The highest BCUT2D eigenvalue weighted by molar-refractivity contribution is 7.46. The third-order valence-corrected chi connectivity index (χ3v) is 4.98. The van der Waals surface area contributed by atoms with Crippen LogP contribution in [0.2, 0.25) is 0 Å². The molecule has 10 heteroatoms. The number of hydrogen-bond acceptors (Lipinski definition) is 6. The number of phosphoric ester groups is 1. The van der Waals surface area contributed by atoms with Crippen LogP contribution in [0.1, 0.15) is 77.6 Å². The number of unbranched alkanes of at least 4 members (excludes halogenated alkanes) is 9. The highest BCUT2D eigenvalue weighted by atomic mass is 31.2. The van der Waals surface area contributed by atoms with Crippen LogP contribution in [0.5, 0.6) is 0 Å². The maximum absolute atomic E-state index is 11.0. The number of aliphatic carboxylic acids is 1. The molecule has 0 aromatic rings. The fraction of sp³-hybridized carbons (Fsp3) is 0.944. The van der Waals surface area contributed by atoms with Crippen LogP contribution in [0.15, 0.2) is 0 Å². The van der Waals surface area contributed by atoms with E-state index in [2.05, 4.69) is 11.4 Å². The predicted octanol–water partition coefficient (Wildman–Crippen LogP) is 2.56. The number of carboxylic acids is 1. The van der Waals surface area contributed by atoms with E-state index in [9.17, 15) is 14.5 Å². The average molecular weight is 427 g/mol. The highest BCUT2D eigenvalue weighted by Crippen LogP contribution is 2.39. The molecule has 0 bridgehead atoms. The van der Waals surface area contributed by atoms with E-state index < -0.39 is 38.5 Å². The molecule has 0 aliphatic rings. The van der Waals surface area contributed by atoms with Crippen molar-refractivity contribution in [2.75, 3.05) is 13.2 Å². The molecule has 0 heterocycles. The zero-order valence-electron chi connectivity index (χ0n) is 16.9. The lowest BCUT2D eigenvalue weighted by Crippen LogP contribution is -2.41. The minimum Gasteiger partial charge on any atom is -0.480 e. The first-order valence-corrected chi connectivity index (χ1v) is 11.7. The monoisotopic (exact) mass is 427 g/mol.